The SMILES string of the molecule is CN(/C=C(/C#N)C(=O)Nc1ccccc1Sc1ccccc1)CCO. The van der Waals surface area contributed by atoms with E-state index in [0.29, 0.717) is 12.2 Å². The third-order valence-electron chi connectivity index (χ3n) is 3.27. The van der Waals surface area contributed by atoms with E-state index in [9.17, 15) is 10.1 Å². The Morgan fingerprint density at radius 1 is 1.24 bits per heavy atom. The molecule has 0 saturated carbocycles. The third kappa shape index (κ3) is 5.68. The van der Waals surface area contributed by atoms with Crippen LogP contribution in [-0.4, -0.2) is 36.1 Å². The molecule has 0 fully saturated rings. The van der Waals surface area contributed by atoms with Crippen molar-refractivity contribution >= 4 is 23.4 Å². The van der Waals surface area contributed by atoms with Crippen molar-refractivity contribution in [2.45, 2.75) is 9.79 Å². The molecule has 0 atom stereocenters. The number of hydrogen-bond acceptors (Lipinski definition) is 5. The van der Waals surface area contributed by atoms with Gasteiger partial charge in [0.15, 0.2) is 0 Å². The molecule has 5 nitrogen and oxygen atoms in total. The number of nitrogens with one attached hydrogen (secondary N) is 1. The highest BCUT2D eigenvalue weighted by Crippen LogP contribution is 2.33. The summed E-state index contributed by atoms with van der Waals surface area (Å²) in [5, 5.41) is 20.9. The number of aliphatic hydroxyl groups excluding tert-OH is 1. The van der Waals surface area contributed by atoms with E-state index in [1.807, 2.05) is 54.6 Å². The van der Waals surface area contributed by atoms with Crippen molar-refractivity contribution < 1.29 is 9.90 Å². The summed E-state index contributed by atoms with van der Waals surface area (Å²) < 4.78 is 0. The number of benzene rings is 2. The maximum Gasteiger partial charge on any atom is 0.267 e. The summed E-state index contributed by atoms with van der Waals surface area (Å²) in [6.45, 7) is 0.294. The van der Waals surface area contributed by atoms with Crippen LogP contribution in [0, 0.1) is 11.3 Å². The number of para-hydroxylation sites is 1. The van der Waals surface area contributed by atoms with Crippen molar-refractivity contribution in [3.05, 3.63) is 66.4 Å². The lowest BCUT2D eigenvalue weighted by molar-refractivity contribution is -0.112. The first-order valence-electron chi connectivity index (χ1n) is 7.70. The Morgan fingerprint density at radius 3 is 2.60 bits per heavy atom. The van der Waals surface area contributed by atoms with E-state index in [2.05, 4.69) is 5.32 Å². The molecule has 128 valence electrons. The number of anilines is 1. The van der Waals surface area contributed by atoms with Gasteiger partial charge in [-0.25, -0.2) is 0 Å². The van der Waals surface area contributed by atoms with Gasteiger partial charge in [0.2, 0.25) is 0 Å². The molecule has 0 heterocycles. The van der Waals surface area contributed by atoms with Gasteiger partial charge in [0, 0.05) is 29.6 Å². The number of hydrogen-bond donors (Lipinski definition) is 2. The molecule has 0 saturated heterocycles. The summed E-state index contributed by atoms with van der Waals surface area (Å²) in [4.78, 5) is 15.9. The van der Waals surface area contributed by atoms with Crippen molar-refractivity contribution in [1.29, 1.82) is 5.26 Å². The molecule has 1 amide bonds. The average Bonchev–Trinajstić information content (AvgIpc) is 2.62. The smallest absolute Gasteiger partial charge is 0.267 e. The molecular weight excluding hydrogens is 334 g/mol. The van der Waals surface area contributed by atoms with E-state index < -0.39 is 5.91 Å². The Balaban J connectivity index is 2.17. The summed E-state index contributed by atoms with van der Waals surface area (Å²) in [5.74, 6) is -0.478. The van der Waals surface area contributed by atoms with Crippen LogP contribution in [0.3, 0.4) is 0 Å². The quantitative estimate of drug-likeness (QED) is 0.591. The number of carbonyl (C=O) groups excluding carboxylic acids is 1. The van der Waals surface area contributed by atoms with E-state index >= 15 is 0 Å². The summed E-state index contributed by atoms with van der Waals surface area (Å²) in [7, 11) is 1.69. The maximum atomic E-state index is 12.4. The molecule has 0 spiro atoms. The molecular formula is C19H19N3O2S. The second kappa shape index (κ2) is 9.52. The number of nitrogens with zero attached hydrogens (tertiary/aromatic N) is 2. The molecule has 0 aromatic heterocycles. The molecule has 2 aromatic rings. The van der Waals surface area contributed by atoms with Gasteiger partial charge in [-0.2, -0.15) is 5.26 Å². The first kappa shape index (κ1) is 18.6. The zero-order valence-electron chi connectivity index (χ0n) is 13.8. The summed E-state index contributed by atoms with van der Waals surface area (Å²) in [5.41, 5.74) is 0.628. The van der Waals surface area contributed by atoms with Crippen molar-refractivity contribution in [2.75, 3.05) is 25.5 Å². The summed E-state index contributed by atoms with van der Waals surface area (Å²) >= 11 is 1.54. The molecule has 2 N–H and O–H groups in total. The standard InChI is InChI=1S/C19H19N3O2S/c1-22(11-12-23)14-15(13-20)19(24)21-17-9-5-6-10-18(17)25-16-7-3-2-4-8-16/h2-10,14,23H,11-12H2,1H3,(H,21,24)/b15-14-. The van der Waals surface area contributed by atoms with Crippen LogP contribution in [-0.2, 0) is 4.79 Å². The van der Waals surface area contributed by atoms with Gasteiger partial charge in [0.05, 0.1) is 12.3 Å². The van der Waals surface area contributed by atoms with Gasteiger partial charge in [-0.3, -0.25) is 4.79 Å². The highest BCUT2D eigenvalue weighted by Gasteiger charge is 2.13. The van der Waals surface area contributed by atoms with Gasteiger partial charge in [0.1, 0.15) is 11.6 Å². The number of likely N-dealkylation sites (N-methyl/N-ethyl adjacent to an activating group) is 1. The van der Waals surface area contributed by atoms with Gasteiger partial charge in [-0.15, -0.1) is 0 Å². The molecule has 2 aromatic carbocycles. The minimum absolute atomic E-state index is 0.0181. The van der Waals surface area contributed by atoms with Crippen molar-refractivity contribution in [3.8, 4) is 6.07 Å². The molecule has 25 heavy (non-hydrogen) atoms. The molecule has 0 unspecified atom stereocenters. The summed E-state index contributed by atoms with van der Waals surface area (Å²) in [6.07, 6.45) is 1.43. The Kier molecular flexibility index (Phi) is 7.08. The van der Waals surface area contributed by atoms with Crippen LogP contribution in [0.25, 0.3) is 0 Å². The molecule has 0 aliphatic rings. The average molecular weight is 353 g/mol. The number of aliphatic hydroxyl groups is 1. The predicted molar refractivity (Wildman–Crippen MR) is 99.0 cm³/mol. The zero-order chi connectivity index (χ0) is 18.1. The lowest BCUT2D eigenvalue weighted by atomic mass is 10.2. The number of rotatable bonds is 7. The summed E-state index contributed by atoms with van der Waals surface area (Å²) in [6, 6.07) is 19.2. The molecule has 6 heteroatoms. The predicted octanol–water partition coefficient (Wildman–Crippen LogP) is 3.11. The van der Waals surface area contributed by atoms with Crippen molar-refractivity contribution in [3.63, 3.8) is 0 Å². The lowest BCUT2D eigenvalue weighted by Crippen LogP contribution is -2.20. The van der Waals surface area contributed by atoms with Gasteiger partial charge in [-0.1, -0.05) is 42.1 Å². The molecule has 0 radical (unpaired) electrons. The van der Waals surface area contributed by atoms with E-state index in [1.54, 1.807) is 18.0 Å². The molecule has 2 rings (SSSR count). The third-order valence-corrected chi connectivity index (χ3v) is 4.36. The van der Waals surface area contributed by atoms with Crippen LogP contribution >= 0.6 is 11.8 Å². The zero-order valence-corrected chi connectivity index (χ0v) is 14.7. The van der Waals surface area contributed by atoms with Crippen molar-refractivity contribution in [1.82, 2.24) is 4.90 Å². The number of carbonyl (C=O) groups is 1. The van der Waals surface area contributed by atoms with Crippen LogP contribution < -0.4 is 5.32 Å². The minimum atomic E-state index is -0.478. The second-order valence-corrected chi connectivity index (χ2v) is 6.34. The number of nitriles is 1. The van der Waals surface area contributed by atoms with Crippen LogP contribution in [0.4, 0.5) is 5.69 Å². The highest BCUT2D eigenvalue weighted by atomic mass is 32.2. The fourth-order valence-electron chi connectivity index (χ4n) is 2.04. The Bertz CT molecular complexity index is 785. The van der Waals surface area contributed by atoms with Crippen LogP contribution in [0.1, 0.15) is 0 Å². The monoisotopic (exact) mass is 353 g/mol. The normalized spacial score (nSPS) is 10.8. The van der Waals surface area contributed by atoms with Gasteiger partial charge in [0.25, 0.3) is 5.91 Å². The molecule has 0 bridgehead atoms. The van der Waals surface area contributed by atoms with Crippen LogP contribution in [0.15, 0.2) is 76.2 Å². The maximum absolute atomic E-state index is 12.4. The largest absolute Gasteiger partial charge is 0.395 e. The van der Waals surface area contributed by atoms with E-state index in [0.717, 1.165) is 9.79 Å². The van der Waals surface area contributed by atoms with Crippen LogP contribution in [0.5, 0.6) is 0 Å². The van der Waals surface area contributed by atoms with Gasteiger partial charge in [-0.05, 0) is 24.3 Å². The first-order valence-corrected chi connectivity index (χ1v) is 8.52. The fourth-order valence-corrected chi connectivity index (χ4v) is 2.97. The lowest BCUT2D eigenvalue weighted by Gasteiger charge is -2.14. The highest BCUT2D eigenvalue weighted by molar-refractivity contribution is 7.99. The second-order valence-electron chi connectivity index (χ2n) is 5.22. The molecule has 0 aliphatic carbocycles. The first-order chi connectivity index (χ1) is 12.1. The Morgan fingerprint density at radius 2 is 1.92 bits per heavy atom. The Labute approximate surface area is 151 Å². The van der Waals surface area contributed by atoms with E-state index in [4.69, 9.17) is 5.11 Å². The van der Waals surface area contributed by atoms with E-state index in [-0.39, 0.29) is 12.2 Å². The van der Waals surface area contributed by atoms with Gasteiger partial charge < -0.3 is 15.3 Å². The topological polar surface area (TPSA) is 76.4 Å². The fraction of sp³-hybridized carbons (Fsp3) is 0.158. The minimum Gasteiger partial charge on any atom is -0.395 e. The Hall–Kier alpha value is -2.75. The van der Waals surface area contributed by atoms with E-state index in [1.165, 1.54) is 18.0 Å². The number of amides is 1. The van der Waals surface area contributed by atoms with Gasteiger partial charge >= 0.3 is 0 Å². The van der Waals surface area contributed by atoms with Crippen molar-refractivity contribution in [2.24, 2.45) is 0 Å². The molecule has 0 aliphatic heterocycles. The van der Waals surface area contributed by atoms with Crippen LogP contribution in [0.2, 0.25) is 0 Å².